The SMILES string of the molecule is CC1=CC(C)=C(C2=CC(C)C([SiH](C)C)=C2C)C1. The van der Waals surface area contributed by atoms with Gasteiger partial charge in [-0.05, 0) is 55.4 Å². The van der Waals surface area contributed by atoms with Crippen LogP contribution in [0.3, 0.4) is 0 Å². The minimum Gasteiger partial charge on any atom is -0.0747 e. The van der Waals surface area contributed by atoms with Crippen LogP contribution < -0.4 is 0 Å². The van der Waals surface area contributed by atoms with Gasteiger partial charge in [-0.25, -0.2) is 0 Å². The molecular weight excluding hydrogens is 220 g/mol. The van der Waals surface area contributed by atoms with Gasteiger partial charge in [0.15, 0.2) is 0 Å². The van der Waals surface area contributed by atoms with E-state index in [4.69, 9.17) is 0 Å². The van der Waals surface area contributed by atoms with Crippen molar-refractivity contribution in [1.29, 1.82) is 0 Å². The van der Waals surface area contributed by atoms with E-state index in [1.165, 1.54) is 11.1 Å². The molecule has 0 saturated carbocycles. The van der Waals surface area contributed by atoms with Crippen molar-refractivity contribution in [3.05, 3.63) is 45.2 Å². The summed E-state index contributed by atoms with van der Waals surface area (Å²) in [6.45, 7) is 14.1. The number of rotatable bonds is 2. The van der Waals surface area contributed by atoms with E-state index in [0.717, 1.165) is 6.42 Å². The molecule has 1 atom stereocenters. The summed E-state index contributed by atoms with van der Waals surface area (Å²) >= 11 is 0. The van der Waals surface area contributed by atoms with Crippen LogP contribution in [-0.4, -0.2) is 8.80 Å². The van der Waals surface area contributed by atoms with Crippen LogP contribution >= 0.6 is 0 Å². The zero-order chi connectivity index (χ0) is 12.7. The second-order valence-corrected chi connectivity index (χ2v) is 8.86. The Morgan fingerprint density at radius 1 is 1.18 bits per heavy atom. The molecule has 0 fully saturated rings. The highest BCUT2D eigenvalue weighted by atomic mass is 28.3. The zero-order valence-electron chi connectivity index (χ0n) is 12.0. The maximum Gasteiger partial charge on any atom is 0.0607 e. The Morgan fingerprint density at radius 3 is 2.24 bits per heavy atom. The standard InChI is InChI=1S/C16H24Si/c1-10-7-11(2)14(8-10)15-9-12(3)16(13(15)4)17(5)6/h7,9,12,17H,8H2,1-6H3. The van der Waals surface area contributed by atoms with Gasteiger partial charge in [-0.3, -0.25) is 0 Å². The Balaban J connectivity index is 2.38. The molecule has 0 spiro atoms. The fourth-order valence-corrected chi connectivity index (χ4v) is 5.65. The quantitative estimate of drug-likeness (QED) is 0.624. The summed E-state index contributed by atoms with van der Waals surface area (Å²) in [5, 5.41) is 1.77. The third-order valence-corrected chi connectivity index (χ3v) is 6.29. The third-order valence-electron chi connectivity index (χ3n) is 4.09. The number of allylic oxidation sites excluding steroid dienone is 8. The van der Waals surface area contributed by atoms with Crippen molar-refractivity contribution in [3.8, 4) is 0 Å². The van der Waals surface area contributed by atoms with E-state index in [1.807, 2.05) is 0 Å². The summed E-state index contributed by atoms with van der Waals surface area (Å²) < 4.78 is 0. The highest BCUT2D eigenvalue weighted by Gasteiger charge is 2.26. The molecule has 0 aromatic rings. The van der Waals surface area contributed by atoms with E-state index in [2.05, 4.69) is 52.9 Å². The molecule has 0 bridgehead atoms. The normalized spacial score (nSPS) is 25.0. The lowest BCUT2D eigenvalue weighted by atomic mass is 9.97. The van der Waals surface area contributed by atoms with Gasteiger partial charge in [0.05, 0.1) is 8.80 Å². The summed E-state index contributed by atoms with van der Waals surface area (Å²) in [6, 6.07) is 0. The molecule has 2 aliphatic rings. The first-order valence-electron chi connectivity index (χ1n) is 6.72. The van der Waals surface area contributed by atoms with E-state index in [1.54, 1.807) is 21.9 Å². The predicted octanol–water partition coefficient (Wildman–Crippen LogP) is 4.57. The first-order chi connectivity index (χ1) is 7.91. The van der Waals surface area contributed by atoms with Crippen molar-refractivity contribution in [2.24, 2.45) is 5.92 Å². The average Bonchev–Trinajstić information content (AvgIpc) is 2.67. The van der Waals surface area contributed by atoms with E-state index in [-0.39, 0.29) is 0 Å². The van der Waals surface area contributed by atoms with Crippen molar-refractivity contribution in [2.45, 2.75) is 47.2 Å². The summed E-state index contributed by atoms with van der Waals surface area (Å²) in [4.78, 5) is 0. The molecule has 0 aromatic carbocycles. The molecule has 0 aromatic heterocycles. The van der Waals surface area contributed by atoms with Gasteiger partial charge in [-0.2, -0.15) is 0 Å². The Hall–Kier alpha value is -0.823. The topological polar surface area (TPSA) is 0 Å². The zero-order valence-corrected chi connectivity index (χ0v) is 13.2. The molecule has 2 aliphatic carbocycles. The van der Waals surface area contributed by atoms with Crippen LogP contribution in [0, 0.1) is 5.92 Å². The summed E-state index contributed by atoms with van der Waals surface area (Å²) in [5.41, 5.74) is 7.72. The highest BCUT2D eigenvalue weighted by Crippen LogP contribution is 2.41. The third kappa shape index (κ3) is 2.13. The van der Waals surface area contributed by atoms with Gasteiger partial charge >= 0.3 is 0 Å². The molecule has 0 N–H and O–H groups in total. The van der Waals surface area contributed by atoms with E-state index < -0.39 is 8.80 Å². The Bertz CT molecular complexity index is 470. The van der Waals surface area contributed by atoms with Crippen LogP contribution in [0.15, 0.2) is 45.2 Å². The van der Waals surface area contributed by atoms with E-state index in [9.17, 15) is 0 Å². The Kier molecular flexibility index (Phi) is 3.31. The molecule has 0 nitrogen and oxygen atoms in total. The first-order valence-corrected chi connectivity index (χ1v) is 9.60. The van der Waals surface area contributed by atoms with Gasteiger partial charge in [0.1, 0.15) is 0 Å². The van der Waals surface area contributed by atoms with Crippen LogP contribution in [-0.2, 0) is 0 Å². The number of hydrogen-bond donors (Lipinski definition) is 0. The molecule has 1 heteroatoms. The molecule has 0 saturated heterocycles. The van der Waals surface area contributed by atoms with Gasteiger partial charge in [0, 0.05) is 0 Å². The van der Waals surface area contributed by atoms with Crippen molar-refractivity contribution in [1.82, 2.24) is 0 Å². The van der Waals surface area contributed by atoms with Crippen molar-refractivity contribution in [2.75, 3.05) is 0 Å². The molecule has 0 amide bonds. The minimum absolute atomic E-state index is 0.668. The van der Waals surface area contributed by atoms with Crippen LogP contribution in [0.5, 0.6) is 0 Å². The van der Waals surface area contributed by atoms with Gasteiger partial charge in [-0.15, -0.1) is 0 Å². The lowest BCUT2D eigenvalue weighted by Gasteiger charge is -2.14. The maximum absolute atomic E-state index is 2.50. The first kappa shape index (κ1) is 12.6. The predicted molar refractivity (Wildman–Crippen MR) is 79.9 cm³/mol. The lowest BCUT2D eigenvalue weighted by Crippen LogP contribution is -2.11. The second kappa shape index (κ2) is 4.45. The fraction of sp³-hybridized carbons (Fsp3) is 0.500. The van der Waals surface area contributed by atoms with Crippen molar-refractivity contribution < 1.29 is 0 Å². The molecule has 0 aliphatic heterocycles. The smallest absolute Gasteiger partial charge is 0.0607 e. The molecule has 0 radical (unpaired) electrons. The van der Waals surface area contributed by atoms with Crippen LogP contribution in [0.1, 0.15) is 34.1 Å². The van der Waals surface area contributed by atoms with Gasteiger partial charge in [-0.1, -0.05) is 42.9 Å². The monoisotopic (exact) mass is 244 g/mol. The highest BCUT2D eigenvalue weighted by molar-refractivity contribution is 6.64. The Labute approximate surface area is 107 Å². The van der Waals surface area contributed by atoms with Gasteiger partial charge in [0.2, 0.25) is 0 Å². The molecule has 0 heterocycles. The summed E-state index contributed by atoms with van der Waals surface area (Å²) in [5.74, 6) is 0.679. The molecule has 1 unspecified atom stereocenters. The Morgan fingerprint density at radius 2 is 1.82 bits per heavy atom. The van der Waals surface area contributed by atoms with Crippen LogP contribution in [0.4, 0.5) is 0 Å². The van der Waals surface area contributed by atoms with Crippen LogP contribution in [0.25, 0.3) is 0 Å². The minimum atomic E-state index is -0.668. The van der Waals surface area contributed by atoms with Crippen LogP contribution in [0.2, 0.25) is 13.1 Å². The average molecular weight is 244 g/mol. The van der Waals surface area contributed by atoms with E-state index >= 15 is 0 Å². The maximum atomic E-state index is 2.50. The summed E-state index contributed by atoms with van der Waals surface area (Å²) in [6.07, 6.45) is 6.01. The van der Waals surface area contributed by atoms with Crippen molar-refractivity contribution >= 4 is 8.80 Å². The van der Waals surface area contributed by atoms with Crippen molar-refractivity contribution in [3.63, 3.8) is 0 Å². The fourth-order valence-electron chi connectivity index (χ4n) is 3.48. The lowest BCUT2D eigenvalue weighted by molar-refractivity contribution is 0.923. The molecular formula is C16H24Si. The van der Waals surface area contributed by atoms with Gasteiger partial charge in [0.25, 0.3) is 0 Å². The van der Waals surface area contributed by atoms with E-state index in [0.29, 0.717) is 5.92 Å². The molecule has 2 rings (SSSR count). The largest absolute Gasteiger partial charge is 0.0747 e. The second-order valence-electron chi connectivity index (χ2n) is 5.93. The number of hydrogen-bond acceptors (Lipinski definition) is 0. The molecule has 17 heavy (non-hydrogen) atoms. The van der Waals surface area contributed by atoms with Gasteiger partial charge < -0.3 is 0 Å². The molecule has 92 valence electrons. The summed E-state index contributed by atoms with van der Waals surface area (Å²) in [7, 11) is -0.668.